The Morgan fingerprint density at radius 2 is 2.50 bits per heavy atom. The van der Waals surface area contributed by atoms with Gasteiger partial charge in [0.05, 0.1) is 12.3 Å². The summed E-state index contributed by atoms with van der Waals surface area (Å²) in [4.78, 5) is 5.26. The summed E-state index contributed by atoms with van der Waals surface area (Å²) in [6.07, 6.45) is 2.90. The van der Waals surface area contributed by atoms with Gasteiger partial charge in [-0.05, 0) is 6.42 Å². The minimum absolute atomic E-state index is 0.0393. The number of nitrogens with zero attached hydrogens (tertiary/aromatic N) is 2. The Kier molecular flexibility index (Phi) is 1.86. The van der Waals surface area contributed by atoms with E-state index in [9.17, 15) is 0 Å². The fourth-order valence-electron chi connectivity index (χ4n) is 1.38. The van der Waals surface area contributed by atoms with Crippen molar-refractivity contribution < 1.29 is 5.11 Å². The van der Waals surface area contributed by atoms with Crippen LogP contribution in [-0.2, 0) is 13.0 Å². The van der Waals surface area contributed by atoms with E-state index in [4.69, 9.17) is 5.11 Å². The average Bonchev–Trinajstić information content (AvgIpc) is 2.61. The van der Waals surface area contributed by atoms with Crippen LogP contribution in [-0.4, -0.2) is 14.5 Å². The molecule has 2 heterocycles. The third-order valence-electron chi connectivity index (χ3n) is 1.93. The normalized spacial score (nSPS) is 11.2. The number of rotatable bonds is 2. The minimum Gasteiger partial charge on any atom is -0.390 e. The van der Waals surface area contributed by atoms with Gasteiger partial charge in [0.25, 0.3) is 0 Å². The lowest BCUT2D eigenvalue weighted by Crippen LogP contribution is -1.93. The van der Waals surface area contributed by atoms with Crippen molar-refractivity contribution in [2.75, 3.05) is 0 Å². The van der Waals surface area contributed by atoms with Gasteiger partial charge in [0, 0.05) is 17.3 Å². The molecule has 0 spiro atoms. The molecule has 0 radical (unpaired) electrons. The van der Waals surface area contributed by atoms with Gasteiger partial charge in [-0.15, -0.1) is 11.3 Å². The summed E-state index contributed by atoms with van der Waals surface area (Å²) in [5, 5.41) is 11.0. The summed E-state index contributed by atoms with van der Waals surface area (Å²) < 4.78 is 2.04. The Balaban J connectivity index is 2.70. The standard InChI is InChI=1S/C8H10N2OS/c1-2-7-6(5-11)9-8-10(7)3-4-12-8/h3-4,11H,2,5H2,1H3. The second-order valence-corrected chi connectivity index (χ2v) is 3.45. The van der Waals surface area contributed by atoms with Gasteiger partial charge in [0.15, 0.2) is 4.96 Å². The van der Waals surface area contributed by atoms with E-state index in [1.165, 1.54) is 0 Å². The maximum atomic E-state index is 9.00. The van der Waals surface area contributed by atoms with Crippen molar-refractivity contribution >= 4 is 16.3 Å². The molecule has 2 aromatic rings. The first-order valence-electron chi connectivity index (χ1n) is 3.91. The SMILES string of the molecule is CCc1c(CO)nc2sccn12. The highest BCUT2D eigenvalue weighted by Gasteiger charge is 2.09. The molecule has 0 saturated heterocycles. The van der Waals surface area contributed by atoms with Gasteiger partial charge in [-0.25, -0.2) is 4.98 Å². The van der Waals surface area contributed by atoms with Crippen LogP contribution in [0.3, 0.4) is 0 Å². The summed E-state index contributed by atoms with van der Waals surface area (Å²) in [5.41, 5.74) is 1.93. The molecule has 0 aliphatic rings. The summed E-state index contributed by atoms with van der Waals surface area (Å²) in [6.45, 7) is 2.11. The topological polar surface area (TPSA) is 37.5 Å². The van der Waals surface area contributed by atoms with Gasteiger partial charge in [-0.2, -0.15) is 0 Å². The van der Waals surface area contributed by atoms with Gasteiger partial charge in [-0.1, -0.05) is 6.92 Å². The zero-order valence-corrected chi connectivity index (χ0v) is 7.64. The summed E-state index contributed by atoms with van der Waals surface area (Å²) in [5.74, 6) is 0. The highest BCUT2D eigenvalue weighted by atomic mass is 32.1. The van der Waals surface area contributed by atoms with E-state index < -0.39 is 0 Å². The van der Waals surface area contributed by atoms with Gasteiger partial charge < -0.3 is 5.11 Å². The molecule has 4 heteroatoms. The fourth-order valence-corrected chi connectivity index (χ4v) is 2.13. The number of aryl methyl sites for hydroxylation is 1. The molecule has 3 nitrogen and oxygen atoms in total. The van der Waals surface area contributed by atoms with E-state index in [1.807, 2.05) is 16.0 Å². The van der Waals surface area contributed by atoms with Gasteiger partial charge >= 0.3 is 0 Å². The van der Waals surface area contributed by atoms with E-state index in [0.29, 0.717) is 0 Å². The van der Waals surface area contributed by atoms with Gasteiger partial charge in [0.1, 0.15) is 0 Å². The van der Waals surface area contributed by atoms with E-state index in [1.54, 1.807) is 11.3 Å². The van der Waals surface area contributed by atoms with Crippen LogP contribution >= 0.6 is 11.3 Å². The molecule has 64 valence electrons. The molecule has 0 aliphatic carbocycles. The average molecular weight is 182 g/mol. The number of hydrogen-bond donors (Lipinski definition) is 1. The third kappa shape index (κ3) is 0.956. The molecule has 0 bridgehead atoms. The van der Waals surface area contributed by atoms with Crippen LogP contribution < -0.4 is 0 Å². The maximum absolute atomic E-state index is 9.00. The number of imidazole rings is 1. The molecule has 2 rings (SSSR count). The van der Waals surface area contributed by atoms with Crippen molar-refractivity contribution in [3.8, 4) is 0 Å². The summed E-state index contributed by atoms with van der Waals surface area (Å²) in [7, 11) is 0. The van der Waals surface area contributed by atoms with Crippen molar-refractivity contribution in [3.05, 3.63) is 23.0 Å². The van der Waals surface area contributed by atoms with Crippen LogP contribution in [0.15, 0.2) is 11.6 Å². The number of hydrogen-bond acceptors (Lipinski definition) is 3. The Morgan fingerprint density at radius 3 is 3.17 bits per heavy atom. The van der Waals surface area contributed by atoms with Crippen molar-refractivity contribution in [1.29, 1.82) is 0 Å². The van der Waals surface area contributed by atoms with Crippen molar-refractivity contribution in [1.82, 2.24) is 9.38 Å². The predicted octanol–water partition coefficient (Wildman–Crippen LogP) is 1.45. The van der Waals surface area contributed by atoms with Crippen molar-refractivity contribution in [2.45, 2.75) is 20.0 Å². The molecule has 1 N–H and O–H groups in total. The molecule has 0 unspecified atom stereocenters. The molecule has 0 saturated carbocycles. The highest BCUT2D eigenvalue weighted by Crippen LogP contribution is 2.17. The lowest BCUT2D eigenvalue weighted by Gasteiger charge is -1.95. The molecule has 0 aromatic carbocycles. The first kappa shape index (κ1) is 7.76. The van der Waals surface area contributed by atoms with Crippen LogP contribution in [0, 0.1) is 0 Å². The third-order valence-corrected chi connectivity index (χ3v) is 2.69. The number of aliphatic hydroxyl groups excluding tert-OH is 1. The van der Waals surface area contributed by atoms with Gasteiger partial charge in [-0.3, -0.25) is 4.40 Å². The maximum Gasteiger partial charge on any atom is 0.194 e. The Hall–Kier alpha value is -0.870. The zero-order chi connectivity index (χ0) is 8.55. The lowest BCUT2D eigenvalue weighted by molar-refractivity contribution is 0.276. The van der Waals surface area contributed by atoms with Crippen LogP contribution in [0.5, 0.6) is 0 Å². The second kappa shape index (κ2) is 2.88. The van der Waals surface area contributed by atoms with Crippen LogP contribution in [0.4, 0.5) is 0 Å². The first-order chi connectivity index (χ1) is 5.86. The molecule has 12 heavy (non-hydrogen) atoms. The van der Waals surface area contributed by atoms with Crippen LogP contribution in [0.25, 0.3) is 4.96 Å². The molecule has 0 fully saturated rings. The predicted molar refractivity (Wildman–Crippen MR) is 48.4 cm³/mol. The largest absolute Gasteiger partial charge is 0.390 e. The Labute approximate surface area is 74.3 Å². The quantitative estimate of drug-likeness (QED) is 0.763. The molecule has 0 aliphatic heterocycles. The summed E-state index contributed by atoms with van der Waals surface area (Å²) >= 11 is 1.59. The van der Waals surface area contributed by atoms with Crippen molar-refractivity contribution in [3.63, 3.8) is 0 Å². The smallest absolute Gasteiger partial charge is 0.194 e. The second-order valence-electron chi connectivity index (χ2n) is 2.57. The molecular formula is C8H10N2OS. The molecular weight excluding hydrogens is 172 g/mol. The highest BCUT2D eigenvalue weighted by molar-refractivity contribution is 7.15. The molecule has 0 atom stereocenters. The van der Waals surface area contributed by atoms with Crippen molar-refractivity contribution in [2.24, 2.45) is 0 Å². The van der Waals surface area contributed by atoms with Crippen LogP contribution in [0.2, 0.25) is 0 Å². The summed E-state index contributed by atoms with van der Waals surface area (Å²) in [6, 6.07) is 0. The van der Waals surface area contributed by atoms with E-state index in [0.717, 1.165) is 22.8 Å². The number of thiazole rings is 1. The number of aliphatic hydroxyl groups is 1. The fraction of sp³-hybridized carbons (Fsp3) is 0.375. The van der Waals surface area contributed by atoms with Crippen LogP contribution in [0.1, 0.15) is 18.3 Å². The number of fused-ring (bicyclic) bond motifs is 1. The molecule has 2 aromatic heterocycles. The Morgan fingerprint density at radius 1 is 1.67 bits per heavy atom. The first-order valence-corrected chi connectivity index (χ1v) is 4.79. The zero-order valence-electron chi connectivity index (χ0n) is 6.82. The van der Waals surface area contributed by atoms with E-state index in [-0.39, 0.29) is 6.61 Å². The van der Waals surface area contributed by atoms with Gasteiger partial charge in [0.2, 0.25) is 0 Å². The lowest BCUT2D eigenvalue weighted by atomic mass is 10.3. The van der Waals surface area contributed by atoms with E-state index in [2.05, 4.69) is 11.9 Å². The van der Waals surface area contributed by atoms with E-state index >= 15 is 0 Å². The monoisotopic (exact) mass is 182 g/mol. The Bertz CT molecular complexity index is 391. The molecule has 0 amide bonds. The number of aromatic nitrogens is 2. The minimum atomic E-state index is 0.0393.